The van der Waals surface area contributed by atoms with Gasteiger partial charge in [0, 0.05) is 44.1 Å². The first-order valence-electron chi connectivity index (χ1n) is 16.8. The van der Waals surface area contributed by atoms with Crippen LogP contribution in [0.5, 0.6) is 0 Å². The van der Waals surface area contributed by atoms with E-state index in [9.17, 15) is 0 Å². The smallest absolute Gasteiger partial charge is 0.216 e. The molecule has 6 heteroatoms. The number of hydrogen-bond donors (Lipinski definition) is 0. The molecule has 4 aromatic heterocycles. The third kappa shape index (κ3) is 8.17. The third-order valence-corrected chi connectivity index (χ3v) is 11.1. The van der Waals surface area contributed by atoms with Crippen molar-refractivity contribution in [2.75, 3.05) is 0 Å². The first kappa shape index (κ1) is 34.9. The Bertz CT molecular complexity index is 1950. The van der Waals surface area contributed by atoms with Gasteiger partial charge in [0.25, 0.3) is 0 Å². The molecule has 1 aliphatic carbocycles. The number of fused-ring (bicyclic) bond motifs is 3. The number of aryl methyl sites for hydroxylation is 1. The Kier molecular flexibility index (Phi) is 11.3. The minimum Gasteiger partial charge on any atom is -0.486 e. The zero-order chi connectivity index (χ0) is 32.3. The number of aromatic nitrogens is 3. The molecule has 0 atom stereocenters. The van der Waals surface area contributed by atoms with Gasteiger partial charge in [0.15, 0.2) is 0 Å². The largest absolute Gasteiger partial charge is 0.486 e. The number of pyridine rings is 3. The van der Waals surface area contributed by atoms with E-state index in [0.717, 1.165) is 51.2 Å². The second kappa shape index (κ2) is 15.2. The summed E-state index contributed by atoms with van der Waals surface area (Å²) in [6.07, 6.45) is 13.7. The first-order valence-corrected chi connectivity index (χ1v) is 20.3. The molecule has 1 radical (unpaired) electrons. The van der Waals surface area contributed by atoms with Crippen LogP contribution < -0.4 is 5.19 Å². The molecular formula is C41H45IrN3OSi-2. The number of nitrogens with zero attached hydrogens (tertiary/aromatic N) is 3. The van der Waals surface area contributed by atoms with Gasteiger partial charge in [0.2, 0.25) is 5.71 Å². The Morgan fingerprint density at radius 1 is 0.851 bits per heavy atom. The zero-order valence-corrected chi connectivity index (χ0v) is 31.9. The van der Waals surface area contributed by atoms with Gasteiger partial charge in [-0.15, -0.1) is 53.6 Å². The molecule has 0 N–H and O–H groups in total. The van der Waals surface area contributed by atoms with Crippen LogP contribution in [0.25, 0.3) is 44.6 Å². The summed E-state index contributed by atoms with van der Waals surface area (Å²) in [7, 11) is -1.38. The summed E-state index contributed by atoms with van der Waals surface area (Å²) in [5.41, 5.74) is 9.60. The van der Waals surface area contributed by atoms with Gasteiger partial charge in [0.1, 0.15) is 0 Å². The van der Waals surface area contributed by atoms with Crippen LogP contribution in [-0.2, 0) is 26.5 Å². The molecule has 0 aliphatic heterocycles. The number of rotatable bonds is 6. The van der Waals surface area contributed by atoms with Crippen LogP contribution in [0.3, 0.4) is 0 Å². The summed E-state index contributed by atoms with van der Waals surface area (Å²) in [5.74, 6) is 1.39. The van der Waals surface area contributed by atoms with Gasteiger partial charge < -0.3 is 14.4 Å². The number of furan rings is 1. The molecule has 7 rings (SSSR count). The molecule has 4 heterocycles. The van der Waals surface area contributed by atoms with Crippen LogP contribution in [0, 0.1) is 25.0 Å². The monoisotopic (exact) mass is 816 g/mol. The fourth-order valence-electron chi connectivity index (χ4n) is 6.69. The topological polar surface area (TPSA) is 51.8 Å². The van der Waals surface area contributed by atoms with Crippen molar-refractivity contribution in [3.05, 3.63) is 108 Å². The summed E-state index contributed by atoms with van der Waals surface area (Å²) in [5, 5.41) is 3.58. The van der Waals surface area contributed by atoms with Crippen molar-refractivity contribution in [1.29, 1.82) is 0 Å². The predicted molar refractivity (Wildman–Crippen MR) is 194 cm³/mol. The molecule has 1 aliphatic rings. The second-order valence-corrected chi connectivity index (χ2v) is 19.3. The van der Waals surface area contributed by atoms with Crippen molar-refractivity contribution in [3.63, 3.8) is 0 Å². The summed E-state index contributed by atoms with van der Waals surface area (Å²) in [4.78, 5) is 13.6. The molecule has 245 valence electrons. The third-order valence-electron chi connectivity index (χ3n) is 8.98. The molecule has 0 amide bonds. The van der Waals surface area contributed by atoms with Crippen molar-refractivity contribution in [3.8, 4) is 22.5 Å². The van der Waals surface area contributed by atoms with Crippen molar-refractivity contribution in [2.45, 2.75) is 84.9 Å². The molecule has 4 nitrogen and oxygen atoms in total. The SMILES string of the molecule is CC(C)Cc1cc(-c2[c-]ccc(C3CCCCC3)c2)ncc1[Si](C)(C)C.Cc1ccnc(-c2[c-]ccc3c2oc2ncccc23)c1.[Ir]. The van der Waals surface area contributed by atoms with Gasteiger partial charge in [-0.05, 0) is 72.8 Å². The molecule has 6 aromatic rings. The molecule has 0 saturated heterocycles. The van der Waals surface area contributed by atoms with Gasteiger partial charge in [-0.1, -0.05) is 87.0 Å². The van der Waals surface area contributed by atoms with Crippen LogP contribution in [-0.4, -0.2) is 23.0 Å². The fourth-order valence-corrected chi connectivity index (χ4v) is 8.28. The van der Waals surface area contributed by atoms with Crippen LogP contribution in [0.2, 0.25) is 19.6 Å². The van der Waals surface area contributed by atoms with E-state index in [1.54, 1.807) is 12.4 Å². The van der Waals surface area contributed by atoms with Crippen molar-refractivity contribution >= 4 is 35.3 Å². The first-order chi connectivity index (χ1) is 22.2. The van der Waals surface area contributed by atoms with Crippen LogP contribution in [0.4, 0.5) is 0 Å². The van der Waals surface area contributed by atoms with E-state index < -0.39 is 8.07 Å². The molecular weight excluding hydrogens is 771 g/mol. The fraction of sp³-hybridized carbons (Fsp3) is 0.341. The van der Waals surface area contributed by atoms with Crippen molar-refractivity contribution in [2.24, 2.45) is 5.92 Å². The average molecular weight is 816 g/mol. The minimum atomic E-state index is -1.38. The van der Waals surface area contributed by atoms with Crippen molar-refractivity contribution in [1.82, 2.24) is 15.0 Å². The maximum Gasteiger partial charge on any atom is 0.216 e. The zero-order valence-electron chi connectivity index (χ0n) is 28.5. The molecule has 0 spiro atoms. The van der Waals surface area contributed by atoms with Gasteiger partial charge in [-0.2, -0.15) is 0 Å². The average Bonchev–Trinajstić information content (AvgIpc) is 3.44. The summed E-state index contributed by atoms with van der Waals surface area (Å²) >= 11 is 0. The van der Waals surface area contributed by atoms with Gasteiger partial charge >= 0.3 is 0 Å². The maximum absolute atomic E-state index is 5.90. The van der Waals surface area contributed by atoms with Crippen LogP contribution in [0.15, 0.2) is 83.7 Å². The van der Waals surface area contributed by atoms with E-state index >= 15 is 0 Å². The molecule has 1 fully saturated rings. The van der Waals surface area contributed by atoms with E-state index in [1.165, 1.54) is 54.0 Å². The molecule has 1 saturated carbocycles. The quantitative estimate of drug-likeness (QED) is 0.124. The molecule has 0 unspecified atom stereocenters. The second-order valence-electron chi connectivity index (χ2n) is 14.2. The van der Waals surface area contributed by atoms with Crippen LogP contribution in [0.1, 0.15) is 68.6 Å². The van der Waals surface area contributed by atoms with Crippen LogP contribution >= 0.6 is 0 Å². The maximum atomic E-state index is 5.90. The number of hydrogen-bond acceptors (Lipinski definition) is 4. The Morgan fingerprint density at radius 3 is 2.38 bits per heavy atom. The summed E-state index contributed by atoms with van der Waals surface area (Å²) in [6, 6.07) is 27.6. The standard InChI is InChI=1S/C24H34NSi.C17H11N2O.Ir/c1-18(2)14-22-16-23(25-17-24(22)26(3,4)5)21-13-9-12-20(15-21)19-10-7-6-8-11-19;1-11-7-9-18-15(10-11)14-5-2-4-12-13-6-3-8-19-17(13)20-16(12)14;/h9,12,15-19H,6-8,10-11,14H2,1-5H3;2-4,6-10H,1H3;/q2*-1;. The molecule has 0 bridgehead atoms. The van der Waals surface area contributed by atoms with E-state index in [1.807, 2.05) is 43.3 Å². The predicted octanol–water partition coefficient (Wildman–Crippen LogP) is 10.5. The Hall–Kier alpha value is -3.44. The van der Waals surface area contributed by atoms with E-state index in [-0.39, 0.29) is 20.1 Å². The van der Waals surface area contributed by atoms with E-state index in [4.69, 9.17) is 9.40 Å². The van der Waals surface area contributed by atoms with E-state index in [2.05, 4.69) is 86.1 Å². The Morgan fingerprint density at radius 2 is 1.64 bits per heavy atom. The summed E-state index contributed by atoms with van der Waals surface area (Å²) in [6.45, 7) is 13.9. The van der Waals surface area contributed by atoms with Gasteiger partial charge in [-0.3, -0.25) is 0 Å². The molecule has 47 heavy (non-hydrogen) atoms. The van der Waals surface area contributed by atoms with Gasteiger partial charge in [-0.25, -0.2) is 4.98 Å². The van der Waals surface area contributed by atoms with Crippen molar-refractivity contribution < 1.29 is 24.5 Å². The van der Waals surface area contributed by atoms with Gasteiger partial charge in [0.05, 0.1) is 13.7 Å². The summed E-state index contributed by atoms with van der Waals surface area (Å²) < 4.78 is 5.90. The number of benzene rings is 2. The minimum absolute atomic E-state index is 0. The Labute approximate surface area is 294 Å². The van der Waals surface area contributed by atoms with E-state index in [0.29, 0.717) is 11.6 Å². The normalized spacial score (nSPS) is 13.8. The molecule has 2 aromatic carbocycles. The Balaban J connectivity index is 0.000000186.